The summed E-state index contributed by atoms with van der Waals surface area (Å²) < 4.78 is 69.7. The van der Waals surface area contributed by atoms with Gasteiger partial charge in [-0.25, -0.2) is 9.09 Å². The lowest BCUT2D eigenvalue weighted by Crippen LogP contribution is -2.24. The van der Waals surface area contributed by atoms with Crippen LogP contribution in [0, 0.1) is 0 Å². The fourth-order valence-corrected chi connectivity index (χ4v) is 3.73. The van der Waals surface area contributed by atoms with E-state index in [-0.39, 0.29) is 17.1 Å². The molecule has 0 aliphatic heterocycles. The molecule has 0 N–H and O–H groups in total. The minimum atomic E-state index is -4.84. The van der Waals surface area contributed by atoms with Crippen molar-refractivity contribution in [1.82, 2.24) is 0 Å². The number of alkyl halides is 3. The van der Waals surface area contributed by atoms with Crippen LogP contribution in [-0.2, 0) is 9.09 Å². The molecule has 3 aromatic rings. The zero-order chi connectivity index (χ0) is 20.0. The summed E-state index contributed by atoms with van der Waals surface area (Å²) in [4.78, 5) is 0. The number of hydrogen-bond donors (Lipinski definition) is 0. The van der Waals surface area contributed by atoms with Gasteiger partial charge in [-0.15, -0.1) is 0 Å². The van der Waals surface area contributed by atoms with Crippen LogP contribution in [0.25, 0.3) is 0 Å². The molecule has 0 aliphatic rings. The number of rotatable bonds is 7. The number of benzene rings is 3. The zero-order valence-corrected chi connectivity index (χ0v) is 15.3. The van der Waals surface area contributed by atoms with E-state index in [2.05, 4.69) is 0 Å². The summed E-state index contributed by atoms with van der Waals surface area (Å²) in [7, 11) is -4.70. The third-order valence-corrected chi connectivity index (χ3v) is 4.89. The third kappa shape index (κ3) is 5.38. The van der Waals surface area contributed by atoms with Gasteiger partial charge in [0.1, 0.15) is 11.5 Å². The molecule has 0 unspecified atom stereocenters. The highest BCUT2D eigenvalue weighted by Gasteiger charge is 2.48. The number of para-hydroxylation sites is 2. The molecular formula is C20H16F3O4P. The van der Waals surface area contributed by atoms with Gasteiger partial charge in [-0.05, 0) is 29.8 Å². The number of halogens is 3. The third-order valence-electron chi connectivity index (χ3n) is 3.55. The molecule has 0 saturated heterocycles. The Hall–Kier alpha value is -2.76. The van der Waals surface area contributed by atoms with E-state index in [0.717, 1.165) is 0 Å². The predicted molar refractivity (Wildman–Crippen MR) is 98.1 cm³/mol. The first-order valence-electron chi connectivity index (χ1n) is 8.25. The van der Waals surface area contributed by atoms with Gasteiger partial charge in [-0.3, -0.25) is 0 Å². The smallest absolute Gasteiger partial charge is 0.395 e. The molecule has 3 aromatic carbocycles. The Labute approximate surface area is 160 Å². The van der Waals surface area contributed by atoms with Gasteiger partial charge in [0.25, 0.3) is 0 Å². The monoisotopic (exact) mass is 408 g/mol. The molecule has 0 radical (unpaired) electrons. The summed E-state index contributed by atoms with van der Waals surface area (Å²) in [6.45, 7) is 0. The van der Waals surface area contributed by atoms with Crippen LogP contribution >= 0.6 is 7.82 Å². The standard InChI is InChI=1S/C20H16F3O4P/c21-20(22,23)19(16-10-4-1-5-11-16)27-28(24,25-17-12-6-2-7-13-17)26-18-14-8-3-9-15-18/h1-15,19H/t19-/m0/s1. The lowest BCUT2D eigenvalue weighted by Gasteiger charge is -2.26. The van der Waals surface area contributed by atoms with E-state index in [0.29, 0.717) is 0 Å². The van der Waals surface area contributed by atoms with Crippen LogP contribution < -0.4 is 9.05 Å². The van der Waals surface area contributed by atoms with Gasteiger partial charge in [0, 0.05) is 0 Å². The van der Waals surface area contributed by atoms with Crippen molar-refractivity contribution in [2.24, 2.45) is 0 Å². The quantitative estimate of drug-likeness (QED) is 0.415. The Morgan fingerprint density at radius 3 is 1.46 bits per heavy atom. The van der Waals surface area contributed by atoms with Crippen molar-refractivity contribution in [1.29, 1.82) is 0 Å². The van der Waals surface area contributed by atoms with Crippen LogP contribution in [0.5, 0.6) is 11.5 Å². The molecule has 28 heavy (non-hydrogen) atoms. The minimum absolute atomic E-state index is 0.0516. The molecular weight excluding hydrogens is 392 g/mol. The Balaban J connectivity index is 1.96. The highest BCUT2D eigenvalue weighted by molar-refractivity contribution is 7.49. The van der Waals surface area contributed by atoms with E-state index in [1.807, 2.05) is 0 Å². The van der Waals surface area contributed by atoms with Crippen LogP contribution in [0.15, 0.2) is 91.0 Å². The van der Waals surface area contributed by atoms with Gasteiger partial charge in [-0.2, -0.15) is 13.2 Å². The highest BCUT2D eigenvalue weighted by Crippen LogP contribution is 2.55. The van der Waals surface area contributed by atoms with Crippen LogP contribution in [0.2, 0.25) is 0 Å². The maximum absolute atomic E-state index is 13.7. The van der Waals surface area contributed by atoms with Crippen molar-refractivity contribution in [3.8, 4) is 11.5 Å². The molecule has 146 valence electrons. The second-order valence-corrected chi connectivity index (χ2v) is 7.16. The molecule has 1 atom stereocenters. The molecule has 0 fully saturated rings. The van der Waals surface area contributed by atoms with Crippen molar-refractivity contribution in [2.45, 2.75) is 12.3 Å². The van der Waals surface area contributed by atoms with E-state index in [1.165, 1.54) is 48.5 Å². The average molecular weight is 408 g/mol. The Bertz CT molecular complexity index is 873. The maximum Gasteiger partial charge on any atom is 0.588 e. The highest BCUT2D eigenvalue weighted by atomic mass is 31.2. The summed E-state index contributed by atoms with van der Waals surface area (Å²) >= 11 is 0. The van der Waals surface area contributed by atoms with Gasteiger partial charge in [-0.1, -0.05) is 66.7 Å². The fraction of sp³-hybridized carbons (Fsp3) is 0.100. The fourth-order valence-electron chi connectivity index (χ4n) is 2.35. The van der Waals surface area contributed by atoms with Crippen LogP contribution in [-0.4, -0.2) is 6.18 Å². The second kappa shape index (κ2) is 8.50. The summed E-state index contributed by atoms with van der Waals surface area (Å²) in [5.74, 6) is 0.103. The number of phosphoric ester groups is 1. The van der Waals surface area contributed by atoms with Crippen molar-refractivity contribution in [3.63, 3.8) is 0 Å². The van der Waals surface area contributed by atoms with E-state index < -0.39 is 20.1 Å². The molecule has 0 amide bonds. The summed E-state index contributed by atoms with van der Waals surface area (Å²) in [6, 6.07) is 22.3. The first-order valence-corrected chi connectivity index (χ1v) is 9.71. The Kier molecular flexibility index (Phi) is 6.07. The number of phosphoric acid groups is 1. The molecule has 0 aromatic heterocycles. The molecule has 0 aliphatic carbocycles. The first kappa shape index (κ1) is 20.0. The van der Waals surface area contributed by atoms with Crippen molar-refractivity contribution < 1.29 is 31.3 Å². The zero-order valence-electron chi connectivity index (χ0n) is 14.5. The summed E-state index contributed by atoms with van der Waals surface area (Å²) in [6.07, 6.45) is -7.33. The van der Waals surface area contributed by atoms with Crippen LogP contribution in [0.3, 0.4) is 0 Å². The molecule has 0 saturated carbocycles. The first-order chi connectivity index (χ1) is 13.4. The van der Waals surface area contributed by atoms with E-state index >= 15 is 0 Å². The topological polar surface area (TPSA) is 44.8 Å². The average Bonchev–Trinajstić information content (AvgIpc) is 2.67. The lowest BCUT2D eigenvalue weighted by molar-refractivity contribution is -0.201. The van der Waals surface area contributed by atoms with Crippen LogP contribution in [0.1, 0.15) is 11.7 Å². The molecule has 3 rings (SSSR count). The van der Waals surface area contributed by atoms with Gasteiger partial charge in [0.2, 0.25) is 0 Å². The second-order valence-electron chi connectivity index (χ2n) is 5.69. The van der Waals surface area contributed by atoms with E-state index in [1.54, 1.807) is 42.5 Å². The Morgan fingerprint density at radius 1 is 0.679 bits per heavy atom. The van der Waals surface area contributed by atoms with Crippen LogP contribution in [0.4, 0.5) is 13.2 Å². The Morgan fingerprint density at radius 2 is 1.07 bits per heavy atom. The van der Waals surface area contributed by atoms with Gasteiger partial charge < -0.3 is 9.05 Å². The molecule has 0 spiro atoms. The molecule has 8 heteroatoms. The molecule has 0 heterocycles. The van der Waals surface area contributed by atoms with E-state index in [9.17, 15) is 17.7 Å². The van der Waals surface area contributed by atoms with Crippen molar-refractivity contribution in [3.05, 3.63) is 96.6 Å². The van der Waals surface area contributed by atoms with Crippen molar-refractivity contribution in [2.75, 3.05) is 0 Å². The van der Waals surface area contributed by atoms with Gasteiger partial charge in [0.05, 0.1) is 0 Å². The van der Waals surface area contributed by atoms with Gasteiger partial charge >= 0.3 is 14.0 Å². The van der Waals surface area contributed by atoms with Crippen molar-refractivity contribution >= 4 is 7.82 Å². The van der Waals surface area contributed by atoms with Gasteiger partial charge in [0.15, 0.2) is 6.10 Å². The minimum Gasteiger partial charge on any atom is -0.395 e. The molecule has 4 nitrogen and oxygen atoms in total. The molecule has 0 bridgehead atoms. The maximum atomic E-state index is 13.7. The van der Waals surface area contributed by atoms with E-state index in [4.69, 9.17) is 13.6 Å². The lowest BCUT2D eigenvalue weighted by atomic mass is 10.1. The normalized spacial score (nSPS) is 13.0. The summed E-state index contributed by atoms with van der Waals surface area (Å²) in [5.41, 5.74) is -0.219. The predicted octanol–water partition coefficient (Wildman–Crippen LogP) is 6.57. The largest absolute Gasteiger partial charge is 0.588 e. The SMILES string of the molecule is O=P(Oc1ccccc1)(Oc1ccccc1)O[C@@H](c1ccccc1)C(F)(F)F. The number of hydrogen-bond acceptors (Lipinski definition) is 4. The summed E-state index contributed by atoms with van der Waals surface area (Å²) in [5, 5.41) is 0.